The molecule has 182 valence electrons. The van der Waals surface area contributed by atoms with E-state index in [1.54, 1.807) is 30.3 Å². The van der Waals surface area contributed by atoms with Gasteiger partial charge >= 0.3 is 6.36 Å². The monoisotopic (exact) mass is 484 g/mol. The van der Waals surface area contributed by atoms with E-state index >= 15 is 4.39 Å². The van der Waals surface area contributed by atoms with E-state index in [0.717, 1.165) is 28.5 Å². The molecule has 6 heteroatoms. The van der Waals surface area contributed by atoms with Crippen LogP contribution >= 0.6 is 0 Å². The maximum Gasteiger partial charge on any atom is 0.573 e. The van der Waals surface area contributed by atoms with E-state index in [9.17, 15) is 17.6 Å². The van der Waals surface area contributed by atoms with Gasteiger partial charge in [-0.1, -0.05) is 61.5 Å². The molecule has 0 radical (unpaired) electrons. The van der Waals surface area contributed by atoms with Crippen molar-refractivity contribution in [3.8, 4) is 5.75 Å². The lowest BCUT2D eigenvalue weighted by Gasteiger charge is -2.11. The van der Waals surface area contributed by atoms with Gasteiger partial charge in [0.2, 0.25) is 0 Å². The minimum atomic E-state index is -4.73. The molecule has 0 saturated heterocycles. The highest BCUT2D eigenvalue weighted by Crippen LogP contribution is 2.26. The molecule has 0 aliphatic rings. The molecule has 0 fully saturated rings. The molecule has 1 nitrogen and oxygen atoms in total. The van der Waals surface area contributed by atoms with Crippen LogP contribution in [0.1, 0.15) is 34.7 Å². The molecule has 4 aromatic carbocycles. The number of alkyl halides is 3. The Balaban J connectivity index is 1.41. The quantitative estimate of drug-likeness (QED) is 0.229. The molecule has 4 aromatic rings. The summed E-state index contributed by atoms with van der Waals surface area (Å²) in [6.45, 7) is 1.99. The predicted octanol–water partition coefficient (Wildman–Crippen LogP) is 8.15. The van der Waals surface area contributed by atoms with Crippen molar-refractivity contribution >= 4 is 10.8 Å². The molecule has 0 aromatic heterocycles. The predicted molar refractivity (Wildman–Crippen MR) is 128 cm³/mol. The van der Waals surface area contributed by atoms with Crippen LogP contribution in [0.25, 0.3) is 10.8 Å². The first-order chi connectivity index (χ1) is 16.7. The van der Waals surface area contributed by atoms with E-state index in [4.69, 9.17) is 0 Å². The van der Waals surface area contributed by atoms with Crippen LogP contribution < -0.4 is 4.74 Å². The molecule has 0 amide bonds. The molecule has 0 heterocycles. The fourth-order valence-corrected chi connectivity index (χ4v) is 4.16. The summed E-state index contributed by atoms with van der Waals surface area (Å²) in [5.41, 5.74) is 3.97. The Kier molecular flexibility index (Phi) is 7.39. The number of hydrogen-bond acceptors (Lipinski definition) is 1. The van der Waals surface area contributed by atoms with Gasteiger partial charge in [-0.25, -0.2) is 8.78 Å². The molecule has 35 heavy (non-hydrogen) atoms. The van der Waals surface area contributed by atoms with E-state index in [1.807, 2.05) is 37.3 Å². The maximum absolute atomic E-state index is 15.1. The second-order valence-electron chi connectivity index (χ2n) is 8.57. The van der Waals surface area contributed by atoms with E-state index in [1.165, 1.54) is 12.1 Å². The number of rotatable bonds is 8. The number of fused-ring (bicyclic) bond motifs is 1. The van der Waals surface area contributed by atoms with Gasteiger partial charge in [-0.3, -0.25) is 0 Å². The Hall–Kier alpha value is -3.41. The topological polar surface area (TPSA) is 9.23 Å². The minimum Gasteiger partial charge on any atom is -0.406 e. The third kappa shape index (κ3) is 6.38. The SMILES string of the molecule is CCc1ccc(CCc2ccc3c(F)c(CCc4ccc(OC(F)(F)F)cc4)ccc3c2)c(F)c1. The lowest BCUT2D eigenvalue weighted by atomic mass is 9.97. The molecule has 0 atom stereocenters. The summed E-state index contributed by atoms with van der Waals surface area (Å²) in [6, 6.07) is 20.1. The van der Waals surface area contributed by atoms with Crippen molar-refractivity contribution in [1.82, 2.24) is 0 Å². The second-order valence-corrected chi connectivity index (χ2v) is 8.57. The summed E-state index contributed by atoms with van der Waals surface area (Å²) in [5, 5.41) is 1.29. The summed E-state index contributed by atoms with van der Waals surface area (Å²) in [5.74, 6) is -0.773. The van der Waals surface area contributed by atoms with Crippen LogP contribution in [0.3, 0.4) is 0 Å². The average molecular weight is 485 g/mol. The van der Waals surface area contributed by atoms with Crippen molar-refractivity contribution in [3.05, 3.63) is 112 Å². The maximum atomic E-state index is 15.1. The van der Waals surface area contributed by atoms with E-state index in [-0.39, 0.29) is 17.4 Å². The Bertz CT molecular complexity index is 1310. The van der Waals surface area contributed by atoms with Crippen molar-refractivity contribution in [2.24, 2.45) is 0 Å². The Labute approximate surface area is 201 Å². The van der Waals surface area contributed by atoms with Crippen molar-refractivity contribution in [2.75, 3.05) is 0 Å². The van der Waals surface area contributed by atoms with Crippen molar-refractivity contribution in [3.63, 3.8) is 0 Å². The van der Waals surface area contributed by atoms with Gasteiger partial charge in [0, 0.05) is 5.39 Å². The summed E-state index contributed by atoms with van der Waals surface area (Å²) in [6.07, 6.45) is -1.83. The number of benzene rings is 4. The number of ether oxygens (including phenoxy) is 1. The molecule has 0 spiro atoms. The molecule has 0 saturated carbocycles. The Morgan fingerprint density at radius 2 is 1.29 bits per heavy atom. The highest BCUT2D eigenvalue weighted by molar-refractivity contribution is 5.84. The molecule has 0 bridgehead atoms. The number of aryl methyl sites for hydroxylation is 5. The average Bonchev–Trinajstić information content (AvgIpc) is 2.83. The Morgan fingerprint density at radius 3 is 1.97 bits per heavy atom. The van der Waals surface area contributed by atoms with Gasteiger partial charge < -0.3 is 4.74 Å². The third-order valence-electron chi connectivity index (χ3n) is 6.15. The van der Waals surface area contributed by atoms with Gasteiger partial charge in [0.15, 0.2) is 0 Å². The minimum absolute atomic E-state index is 0.191. The first-order valence-corrected chi connectivity index (χ1v) is 11.5. The van der Waals surface area contributed by atoms with Crippen LogP contribution in [0.4, 0.5) is 22.0 Å². The van der Waals surface area contributed by atoms with E-state index in [0.29, 0.717) is 42.2 Å². The molecule has 0 aliphatic carbocycles. The zero-order valence-electron chi connectivity index (χ0n) is 19.3. The smallest absolute Gasteiger partial charge is 0.406 e. The van der Waals surface area contributed by atoms with Crippen LogP contribution in [0.5, 0.6) is 5.75 Å². The second kappa shape index (κ2) is 10.5. The lowest BCUT2D eigenvalue weighted by molar-refractivity contribution is -0.274. The van der Waals surface area contributed by atoms with Gasteiger partial charge in [0.25, 0.3) is 0 Å². The lowest BCUT2D eigenvalue weighted by Crippen LogP contribution is -2.17. The zero-order valence-corrected chi connectivity index (χ0v) is 19.3. The standard InChI is InChI=1S/C29H25F5O/c1-2-19-3-9-22(27(30)18-19)10-5-21-8-16-26-24(17-21)13-12-23(28(26)31)11-4-20-6-14-25(15-7-20)35-29(32,33)34/h3,6-9,12-18H,2,4-5,10-11H2,1H3. The van der Waals surface area contributed by atoms with Crippen LogP contribution in [0, 0.1) is 11.6 Å². The highest BCUT2D eigenvalue weighted by atomic mass is 19.4. The van der Waals surface area contributed by atoms with Gasteiger partial charge in [0.05, 0.1) is 0 Å². The molecule has 0 N–H and O–H groups in total. The molecular formula is C29H25F5O. The van der Waals surface area contributed by atoms with Crippen LogP contribution in [0.2, 0.25) is 0 Å². The van der Waals surface area contributed by atoms with Crippen LogP contribution in [-0.4, -0.2) is 6.36 Å². The Morgan fingerprint density at radius 1 is 0.657 bits per heavy atom. The summed E-state index contributed by atoms with van der Waals surface area (Å²) < 4.78 is 70.2. The molecule has 0 aliphatic heterocycles. The highest BCUT2D eigenvalue weighted by Gasteiger charge is 2.30. The first kappa shape index (κ1) is 24.7. The normalized spacial score (nSPS) is 11.7. The molecule has 4 rings (SSSR count). The summed E-state index contributed by atoms with van der Waals surface area (Å²) >= 11 is 0. The summed E-state index contributed by atoms with van der Waals surface area (Å²) in [7, 11) is 0. The first-order valence-electron chi connectivity index (χ1n) is 11.5. The molecule has 0 unspecified atom stereocenters. The third-order valence-corrected chi connectivity index (χ3v) is 6.15. The number of halogens is 5. The summed E-state index contributed by atoms with van der Waals surface area (Å²) in [4.78, 5) is 0. The number of hydrogen-bond donors (Lipinski definition) is 0. The fraction of sp³-hybridized carbons (Fsp3) is 0.241. The van der Waals surface area contributed by atoms with E-state index in [2.05, 4.69) is 4.74 Å². The van der Waals surface area contributed by atoms with Crippen molar-refractivity contribution in [2.45, 2.75) is 45.4 Å². The van der Waals surface area contributed by atoms with Crippen LogP contribution in [-0.2, 0) is 32.1 Å². The van der Waals surface area contributed by atoms with Crippen LogP contribution in [0.15, 0.2) is 72.8 Å². The van der Waals surface area contributed by atoms with Crippen molar-refractivity contribution < 1.29 is 26.7 Å². The zero-order chi connectivity index (χ0) is 25.0. The van der Waals surface area contributed by atoms with Gasteiger partial charge in [-0.05, 0) is 83.5 Å². The van der Waals surface area contributed by atoms with Gasteiger partial charge in [-0.15, -0.1) is 13.2 Å². The van der Waals surface area contributed by atoms with Crippen molar-refractivity contribution in [1.29, 1.82) is 0 Å². The van der Waals surface area contributed by atoms with E-state index < -0.39 is 6.36 Å². The largest absolute Gasteiger partial charge is 0.573 e. The van der Waals surface area contributed by atoms with Gasteiger partial charge in [-0.2, -0.15) is 0 Å². The van der Waals surface area contributed by atoms with Gasteiger partial charge in [0.1, 0.15) is 17.4 Å². The molecular weight excluding hydrogens is 459 g/mol. The fourth-order valence-electron chi connectivity index (χ4n) is 4.16.